The standard InChI is InChI=1S/C21H24ClN5O/c1-13-8-16-19(17(9-13)21(28)23-2)24-12-25-20(16)26-18(11-27(3)4)14-6-5-7-15(22)10-14/h5-10,12,18H,11H2,1-4H3,(H,23,28)(H,24,25,26). The number of amides is 1. The molecule has 2 N–H and O–H groups in total. The first-order valence-corrected chi connectivity index (χ1v) is 9.41. The van der Waals surface area contributed by atoms with Crippen molar-refractivity contribution in [3.63, 3.8) is 0 Å². The van der Waals surface area contributed by atoms with Crippen molar-refractivity contribution in [3.8, 4) is 0 Å². The zero-order chi connectivity index (χ0) is 20.3. The summed E-state index contributed by atoms with van der Waals surface area (Å²) in [6.45, 7) is 2.71. The third-order valence-corrected chi connectivity index (χ3v) is 4.70. The quantitative estimate of drug-likeness (QED) is 0.664. The van der Waals surface area contributed by atoms with E-state index >= 15 is 0 Å². The Morgan fingerprint density at radius 2 is 2.00 bits per heavy atom. The molecular formula is C21H24ClN5O. The van der Waals surface area contributed by atoms with Crippen LogP contribution in [0.25, 0.3) is 10.9 Å². The molecule has 3 rings (SSSR count). The maximum Gasteiger partial charge on any atom is 0.253 e. The van der Waals surface area contributed by atoms with Crippen LogP contribution in [-0.2, 0) is 0 Å². The van der Waals surface area contributed by atoms with Crippen molar-refractivity contribution in [2.45, 2.75) is 13.0 Å². The molecule has 0 radical (unpaired) electrons. The highest BCUT2D eigenvalue weighted by Crippen LogP contribution is 2.28. The number of aryl methyl sites for hydroxylation is 1. The minimum atomic E-state index is -0.168. The summed E-state index contributed by atoms with van der Waals surface area (Å²) in [5.74, 6) is 0.517. The third-order valence-electron chi connectivity index (χ3n) is 4.46. The predicted octanol–water partition coefficient (Wildman–Crippen LogP) is 3.67. The molecule has 7 heteroatoms. The van der Waals surface area contributed by atoms with Crippen molar-refractivity contribution >= 4 is 34.2 Å². The smallest absolute Gasteiger partial charge is 0.253 e. The van der Waals surface area contributed by atoms with Gasteiger partial charge in [0.2, 0.25) is 0 Å². The summed E-state index contributed by atoms with van der Waals surface area (Å²) in [5.41, 5.74) is 3.19. The molecule has 0 aliphatic rings. The fraction of sp³-hybridized carbons (Fsp3) is 0.286. The van der Waals surface area contributed by atoms with Gasteiger partial charge in [-0.1, -0.05) is 23.7 Å². The van der Waals surface area contributed by atoms with Crippen LogP contribution in [0.15, 0.2) is 42.7 Å². The maximum absolute atomic E-state index is 12.3. The van der Waals surface area contributed by atoms with Crippen LogP contribution in [0.2, 0.25) is 5.02 Å². The highest BCUT2D eigenvalue weighted by atomic mass is 35.5. The molecule has 146 valence electrons. The summed E-state index contributed by atoms with van der Waals surface area (Å²) in [6, 6.07) is 11.6. The average molecular weight is 398 g/mol. The number of carbonyl (C=O) groups is 1. The molecule has 0 saturated heterocycles. The molecule has 6 nitrogen and oxygen atoms in total. The number of rotatable bonds is 6. The molecule has 1 aromatic heterocycles. The topological polar surface area (TPSA) is 70.2 Å². The summed E-state index contributed by atoms with van der Waals surface area (Å²) in [7, 11) is 5.65. The SMILES string of the molecule is CNC(=O)c1cc(C)cc2c(NC(CN(C)C)c3cccc(Cl)c3)ncnc12. The fourth-order valence-corrected chi connectivity index (χ4v) is 3.42. The van der Waals surface area contributed by atoms with Gasteiger partial charge in [0.1, 0.15) is 12.1 Å². The lowest BCUT2D eigenvalue weighted by atomic mass is 10.0. The molecule has 0 bridgehead atoms. The summed E-state index contributed by atoms with van der Waals surface area (Å²) in [6.07, 6.45) is 1.48. The predicted molar refractivity (Wildman–Crippen MR) is 114 cm³/mol. The van der Waals surface area contributed by atoms with Gasteiger partial charge < -0.3 is 15.5 Å². The molecular weight excluding hydrogens is 374 g/mol. The van der Waals surface area contributed by atoms with Crippen molar-refractivity contribution in [2.24, 2.45) is 0 Å². The lowest BCUT2D eigenvalue weighted by Gasteiger charge is -2.24. The van der Waals surface area contributed by atoms with Gasteiger partial charge in [-0.3, -0.25) is 4.79 Å². The molecule has 1 amide bonds. The number of anilines is 1. The van der Waals surface area contributed by atoms with Crippen LogP contribution in [-0.4, -0.2) is 48.5 Å². The number of hydrogen-bond acceptors (Lipinski definition) is 5. The van der Waals surface area contributed by atoms with Crippen LogP contribution in [0.1, 0.15) is 27.5 Å². The summed E-state index contributed by atoms with van der Waals surface area (Å²) in [4.78, 5) is 23.2. The number of halogens is 1. The summed E-state index contributed by atoms with van der Waals surface area (Å²) >= 11 is 6.20. The number of carbonyl (C=O) groups excluding carboxylic acids is 1. The minimum Gasteiger partial charge on any atom is -0.361 e. The second-order valence-corrected chi connectivity index (χ2v) is 7.46. The molecule has 0 spiro atoms. The van der Waals surface area contributed by atoms with Crippen LogP contribution >= 0.6 is 11.6 Å². The van der Waals surface area contributed by atoms with Gasteiger partial charge in [-0.25, -0.2) is 9.97 Å². The molecule has 0 aliphatic heterocycles. The molecule has 0 aliphatic carbocycles. The molecule has 1 atom stereocenters. The Bertz CT molecular complexity index is 1010. The van der Waals surface area contributed by atoms with E-state index in [-0.39, 0.29) is 11.9 Å². The van der Waals surface area contributed by atoms with Crippen molar-refractivity contribution in [1.82, 2.24) is 20.2 Å². The number of likely N-dealkylation sites (N-methyl/N-ethyl adjacent to an activating group) is 1. The first-order chi connectivity index (χ1) is 13.4. The van der Waals surface area contributed by atoms with Crippen LogP contribution in [0.3, 0.4) is 0 Å². The van der Waals surface area contributed by atoms with E-state index in [0.29, 0.717) is 21.9 Å². The van der Waals surface area contributed by atoms with E-state index in [2.05, 4.69) is 25.5 Å². The van der Waals surface area contributed by atoms with Gasteiger partial charge in [0.05, 0.1) is 17.1 Å². The molecule has 1 heterocycles. The minimum absolute atomic E-state index is 0.0317. The monoisotopic (exact) mass is 397 g/mol. The molecule has 0 fully saturated rings. The van der Waals surface area contributed by atoms with Gasteiger partial charge in [0.25, 0.3) is 5.91 Å². The number of hydrogen-bond donors (Lipinski definition) is 2. The van der Waals surface area contributed by atoms with Gasteiger partial charge >= 0.3 is 0 Å². The zero-order valence-corrected chi connectivity index (χ0v) is 17.2. The number of nitrogens with one attached hydrogen (secondary N) is 2. The van der Waals surface area contributed by atoms with E-state index in [0.717, 1.165) is 23.1 Å². The largest absolute Gasteiger partial charge is 0.361 e. The Hall–Kier alpha value is -2.70. The second kappa shape index (κ2) is 8.54. The van der Waals surface area contributed by atoms with E-state index in [4.69, 9.17) is 11.6 Å². The molecule has 2 aromatic carbocycles. The maximum atomic E-state index is 12.3. The van der Waals surface area contributed by atoms with Crippen molar-refractivity contribution in [2.75, 3.05) is 33.0 Å². The Balaban J connectivity index is 2.08. The van der Waals surface area contributed by atoms with E-state index in [1.54, 1.807) is 7.05 Å². The molecule has 3 aromatic rings. The van der Waals surface area contributed by atoms with Crippen LogP contribution in [0.4, 0.5) is 5.82 Å². The van der Waals surface area contributed by atoms with Gasteiger partial charge in [-0.2, -0.15) is 0 Å². The van der Waals surface area contributed by atoms with Crippen LogP contribution in [0.5, 0.6) is 0 Å². The van der Waals surface area contributed by atoms with Crippen LogP contribution < -0.4 is 10.6 Å². The third kappa shape index (κ3) is 4.40. The van der Waals surface area contributed by atoms with Gasteiger partial charge in [-0.15, -0.1) is 0 Å². The van der Waals surface area contributed by atoms with Crippen LogP contribution in [0, 0.1) is 6.92 Å². The lowest BCUT2D eigenvalue weighted by Crippen LogP contribution is -2.26. The number of nitrogens with zero attached hydrogens (tertiary/aromatic N) is 3. The first-order valence-electron chi connectivity index (χ1n) is 9.03. The van der Waals surface area contributed by atoms with E-state index in [1.807, 2.05) is 57.4 Å². The molecule has 1 unspecified atom stereocenters. The lowest BCUT2D eigenvalue weighted by molar-refractivity contribution is 0.0964. The summed E-state index contributed by atoms with van der Waals surface area (Å²) < 4.78 is 0. The number of fused-ring (bicyclic) bond motifs is 1. The fourth-order valence-electron chi connectivity index (χ4n) is 3.22. The highest BCUT2D eigenvalue weighted by molar-refractivity contribution is 6.30. The van der Waals surface area contributed by atoms with Crippen molar-refractivity contribution in [3.05, 3.63) is 64.4 Å². The zero-order valence-electron chi connectivity index (χ0n) is 16.5. The second-order valence-electron chi connectivity index (χ2n) is 7.02. The number of benzene rings is 2. The first kappa shape index (κ1) is 20.0. The van der Waals surface area contributed by atoms with Gasteiger partial charge in [0, 0.05) is 24.0 Å². The Labute approximate surface area is 169 Å². The van der Waals surface area contributed by atoms with E-state index in [1.165, 1.54) is 6.33 Å². The molecule has 28 heavy (non-hydrogen) atoms. The summed E-state index contributed by atoms with van der Waals surface area (Å²) in [5, 5.41) is 7.70. The Morgan fingerprint density at radius 1 is 1.21 bits per heavy atom. The average Bonchev–Trinajstić information content (AvgIpc) is 2.66. The van der Waals surface area contributed by atoms with E-state index < -0.39 is 0 Å². The van der Waals surface area contributed by atoms with Crippen molar-refractivity contribution in [1.29, 1.82) is 0 Å². The van der Waals surface area contributed by atoms with Gasteiger partial charge in [-0.05, 0) is 56.4 Å². The normalized spacial score (nSPS) is 12.2. The van der Waals surface area contributed by atoms with Crippen molar-refractivity contribution < 1.29 is 4.79 Å². The van der Waals surface area contributed by atoms with E-state index in [9.17, 15) is 4.79 Å². The molecule has 0 saturated carbocycles. The Kier molecular flexibility index (Phi) is 6.11. The Morgan fingerprint density at radius 3 is 2.68 bits per heavy atom. The van der Waals surface area contributed by atoms with Gasteiger partial charge in [0.15, 0.2) is 0 Å². The highest BCUT2D eigenvalue weighted by Gasteiger charge is 2.18. The number of aromatic nitrogens is 2.